The van der Waals surface area contributed by atoms with Crippen molar-refractivity contribution < 1.29 is 9.59 Å². The van der Waals surface area contributed by atoms with Crippen LogP contribution in [0.25, 0.3) is 0 Å². The number of likely N-dealkylation sites (N-methyl/N-ethyl adjacent to an activating group) is 1. The van der Waals surface area contributed by atoms with Crippen LogP contribution in [0, 0.1) is 0 Å². The molecule has 3 amide bonds. The smallest absolute Gasteiger partial charge is 0.309 e. The number of thioether (sulfide) groups is 1. The van der Waals surface area contributed by atoms with E-state index in [9.17, 15) is 9.59 Å². The Hall–Kier alpha value is -1.53. The average molecular weight is 390 g/mol. The molecule has 3 rings (SSSR count). The highest BCUT2D eigenvalue weighted by Gasteiger charge is 2.57. The van der Waals surface area contributed by atoms with Gasteiger partial charge < -0.3 is 4.90 Å². The van der Waals surface area contributed by atoms with Crippen LogP contribution < -0.4 is 0 Å². The average Bonchev–Trinajstić information content (AvgIpc) is 2.88. The number of nitrogens with zero attached hydrogens (tertiary/aromatic N) is 3. The Labute approximate surface area is 167 Å². The number of likely N-dealkylation sites (tertiary alicyclic amines) is 1. The van der Waals surface area contributed by atoms with E-state index in [0.29, 0.717) is 19.1 Å². The molecule has 0 unspecified atom stereocenters. The summed E-state index contributed by atoms with van der Waals surface area (Å²) in [6.07, 6.45) is 4.39. The first kappa shape index (κ1) is 20.2. The van der Waals surface area contributed by atoms with Gasteiger partial charge in [-0.15, -0.1) is 0 Å². The van der Waals surface area contributed by atoms with Crippen molar-refractivity contribution in [1.29, 1.82) is 0 Å². The minimum Gasteiger partial charge on any atom is -0.309 e. The predicted octanol–water partition coefficient (Wildman–Crippen LogP) is 3.10. The van der Waals surface area contributed by atoms with Gasteiger partial charge >= 0.3 is 6.03 Å². The second-order valence-corrected chi connectivity index (χ2v) is 8.50. The fourth-order valence-electron chi connectivity index (χ4n) is 4.42. The fourth-order valence-corrected chi connectivity index (χ4v) is 5.11. The van der Waals surface area contributed by atoms with Crippen LogP contribution in [-0.2, 0) is 11.2 Å². The van der Waals surface area contributed by atoms with E-state index in [1.807, 2.05) is 41.8 Å². The highest BCUT2D eigenvalue weighted by molar-refractivity contribution is 7.98. The number of rotatable bonds is 7. The lowest BCUT2D eigenvalue weighted by atomic mass is 9.85. The highest BCUT2D eigenvalue weighted by atomic mass is 32.2. The van der Waals surface area contributed by atoms with E-state index in [1.54, 1.807) is 0 Å². The monoisotopic (exact) mass is 389 g/mol. The van der Waals surface area contributed by atoms with Crippen molar-refractivity contribution in [2.75, 3.05) is 38.2 Å². The molecule has 0 N–H and O–H groups in total. The summed E-state index contributed by atoms with van der Waals surface area (Å²) >= 11 is 1.86. The Morgan fingerprint density at radius 3 is 2.41 bits per heavy atom. The molecule has 1 aromatic rings. The molecule has 1 atom stereocenters. The number of hydrogen-bond donors (Lipinski definition) is 0. The van der Waals surface area contributed by atoms with Gasteiger partial charge in [-0.1, -0.05) is 30.3 Å². The number of carbonyl (C=O) groups excluding carboxylic acids is 2. The molecular weight excluding hydrogens is 358 g/mol. The number of benzene rings is 1. The first-order valence-electron chi connectivity index (χ1n) is 9.94. The van der Waals surface area contributed by atoms with E-state index < -0.39 is 5.54 Å². The van der Waals surface area contributed by atoms with Crippen LogP contribution >= 0.6 is 11.8 Å². The summed E-state index contributed by atoms with van der Waals surface area (Å²) in [5, 5.41) is 0. The van der Waals surface area contributed by atoms with Crippen molar-refractivity contribution in [3.8, 4) is 0 Å². The van der Waals surface area contributed by atoms with Gasteiger partial charge in [0.2, 0.25) is 0 Å². The zero-order valence-electron chi connectivity index (χ0n) is 16.7. The summed E-state index contributed by atoms with van der Waals surface area (Å²) in [6.45, 7) is 6.95. The highest BCUT2D eigenvalue weighted by Crippen LogP contribution is 2.38. The van der Waals surface area contributed by atoms with Crippen molar-refractivity contribution >= 4 is 23.7 Å². The standard InChI is InChI=1S/C21H31N3O2S/c1-4-23-19(25)21(11-14-22(15-12-21)17(2)16-27-3)24(20(23)26)13-10-18-8-6-5-7-9-18/h5-9,17H,4,10-16H2,1-3H3/t17-/m0/s1. The van der Waals surface area contributed by atoms with Gasteiger partial charge in [-0.05, 0) is 44.9 Å². The first-order valence-corrected chi connectivity index (χ1v) is 11.3. The van der Waals surface area contributed by atoms with Crippen molar-refractivity contribution in [3.63, 3.8) is 0 Å². The van der Waals surface area contributed by atoms with Crippen LogP contribution in [0.1, 0.15) is 32.3 Å². The molecule has 0 aliphatic carbocycles. The maximum Gasteiger partial charge on any atom is 0.327 e. The van der Waals surface area contributed by atoms with E-state index >= 15 is 0 Å². The van der Waals surface area contributed by atoms with Gasteiger partial charge in [-0.25, -0.2) is 4.79 Å². The van der Waals surface area contributed by atoms with E-state index in [0.717, 1.165) is 38.1 Å². The maximum atomic E-state index is 13.2. The summed E-state index contributed by atoms with van der Waals surface area (Å²) < 4.78 is 0. The summed E-state index contributed by atoms with van der Waals surface area (Å²) in [5.74, 6) is 1.11. The molecule has 2 heterocycles. The minimum absolute atomic E-state index is 0.0141. The number of amides is 3. The van der Waals surface area contributed by atoms with Crippen molar-refractivity contribution in [3.05, 3.63) is 35.9 Å². The SMILES string of the molecule is CCN1C(=O)N(CCc2ccccc2)C2(CCN([C@@H](C)CSC)CC2)C1=O. The molecule has 0 saturated carbocycles. The van der Waals surface area contributed by atoms with Crippen LogP contribution in [0.15, 0.2) is 30.3 Å². The zero-order chi connectivity index (χ0) is 19.4. The molecule has 1 spiro atoms. The van der Waals surface area contributed by atoms with Crippen LogP contribution in [0.5, 0.6) is 0 Å². The van der Waals surface area contributed by atoms with E-state index in [-0.39, 0.29) is 11.9 Å². The minimum atomic E-state index is -0.641. The van der Waals surface area contributed by atoms with Crippen molar-refractivity contribution in [1.82, 2.24) is 14.7 Å². The Kier molecular flexibility index (Phi) is 6.48. The maximum absolute atomic E-state index is 13.2. The van der Waals surface area contributed by atoms with Gasteiger partial charge in [-0.3, -0.25) is 14.6 Å². The molecule has 0 bridgehead atoms. The zero-order valence-corrected chi connectivity index (χ0v) is 17.5. The van der Waals surface area contributed by atoms with Gasteiger partial charge in [0.25, 0.3) is 5.91 Å². The lowest BCUT2D eigenvalue weighted by Crippen LogP contribution is -2.58. The lowest BCUT2D eigenvalue weighted by Gasteiger charge is -2.44. The van der Waals surface area contributed by atoms with E-state index in [2.05, 4.69) is 30.2 Å². The fraction of sp³-hybridized carbons (Fsp3) is 0.619. The van der Waals surface area contributed by atoms with Crippen LogP contribution in [0.3, 0.4) is 0 Å². The molecule has 27 heavy (non-hydrogen) atoms. The molecular formula is C21H31N3O2S. The van der Waals surface area contributed by atoms with Crippen LogP contribution in [-0.4, -0.2) is 76.4 Å². The van der Waals surface area contributed by atoms with Gasteiger partial charge in [0.05, 0.1) is 0 Å². The lowest BCUT2D eigenvalue weighted by molar-refractivity contribution is -0.135. The van der Waals surface area contributed by atoms with Gasteiger partial charge in [0.15, 0.2) is 0 Å². The molecule has 2 saturated heterocycles. The van der Waals surface area contributed by atoms with Gasteiger partial charge in [0.1, 0.15) is 5.54 Å². The Morgan fingerprint density at radius 2 is 1.81 bits per heavy atom. The van der Waals surface area contributed by atoms with Gasteiger partial charge in [0, 0.05) is 38.0 Å². The van der Waals surface area contributed by atoms with Crippen molar-refractivity contribution in [2.45, 2.75) is 44.7 Å². The second kappa shape index (κ2) is 8.65. The molecule has 5 nitrogen and oxygen atoms in total. The second-order valence-electron chi connectivity index (χ2n) is 7.59. The normalized spacial score (nSPS) is 21.3. The quantitative estimate of drug-likeness (QED) is 0.672. The Balaban J connectivity index is 1.76. The molecule has 2 aliphatic rings. The van der Waals surface area contributed by atoms with Crippen molar-refractivity contribution in [2.24, 2.45) is 0 Å². The summed E-state index contributed by atoms with van der Waals surface area (Å²) in [4.78, 5) is 32.0. The molecule has 2 fully saturated rings. The largest absolute Gasteiger partial charge is 0.327 e. The van der Waals surface area contributed by atoms with Gasteiger partial charge in [-0.2, -0.15) is 11.8 Å². The molecule has 1 aromatic carbocycles. The van der Waals surface area contributed by atoms with E-state index in [1.165, 1.54) is 10.5 Å². The third-order valence-corrected chi connectivity index (χ3v) is 6.88. The summed E-state index contributed by atoms with van der Waals surface area (Å²) in [6, 6.07) is 10.6. The number of piperidine rings is 1. The summed E-state index contributed by atoms with van der Waals surface area (Å²) in [7, 11) is 0. The third-order valence-electron chi connectivity index (χ3n) is 6.06. The van der Waals surface area contributed by atoms with Crippen LogP contribution in [0.2, 0.25) is 0 Å². The Morgan fingerprint density at radius 1 is 1.15 bits per heavy atom. The van der Waals surface area contributed by atoms with Crippen LogP contribution in [0.4, 0.5) is 4.79 Å². The molecule has 0 radical (unpaired) electrons. The number of urea groups is 1. The van der Waals surface area contributed by atoms with E-state index in [4.69, 9.17) is 0 Å². The Bertz CT molecular complexity index is 659. The third kappa shape index (κ3) is 3.87. The molecule has 2 aliphatic heterocycles. The molecule has 0 aromatic heterocycles. The number of imide groups is 1. The predicted molar refractivity (Wildman–Crippen MR) is 111 cm³/mol. The number of hydrogen-bond acceptors (Lipinski definition) is 4. The molecule has 148 valence electrons. The molecule has 6 heteroatoms. The summed E-state index contributed by atoms with van der Waals surface area (Å²) in [5.41, 5.74) is 0.561. The number of carbonyl (C=O) groups is 2. The topological polar surface area (TPSA) is 43.9 Å². The first-order chi connectivity index (χ1) is 13.0.